The average molecular weight is 201 g/mol. The van der Waals surface area contributed by atoms with Crippen LogP contribution in [0.15, 0.2) is 11.8 Å². The molecule has 0 aliphatic rings. The number of esters is 1. The third-order valence-corrected chi connectivity index (χ3v) is 1.22. The van der Waals surface area contributed by atoms with Gasteiger partial charge in [-0.15, -0.1) is 0 Å². The van der Waals surface area contributed by atoms with Crippen LogP contribution in [0.5, 0.6) is 0 Å². The summed E-state index contributed by atoms with van der Waals surface area (Å²) in [6.45, 7) is 5.01. The van der Waals surface area contributed by atoms with E-state index in [2.05, 4.69) is 5.32 Å². The second-order valence-electron chi connectivity index (χ2n) is 3.62. The van der Waals surface area contributed by atoms with Gasteiger partial charge in [0, 0.05) is 7.05 Å². The van der Waals surface area contributed by atoms with Crippen LogP contribution in [0.1, 0.15) is 20.8 Å². The van der Waals surface area contributed by atoms with E-state index in [0.717, 1.165) is 0 Å². The normalized spacial score (nSPS) is 12.1. The number of aliphatic hydroxyl groups excluding tert-OH is 1. The molecule has 0 saturated heterocycles. The number of carbonyl (C=O) groups excluding carboxylic acids is 2. The molecule has 2 N–H and O–H groups in total. The molecular formula is C9H15NO4. The molecule has 0 rings (SSSR count). The third-order valence-electron chi connectivity index (χ3n) is 1.22. The number of hydrogen-bond donors (Lipinski definition) is 2. The zero-order valence-corrected chi connectivity index (χ0v) is 8.75. The van der Waals surface area contributed by atoms with Crippen LogP contribution < -0.4 is 5.32 Å². The van der Waals surface area contributed by atoms with Gasteiger partial charge in [-0.1, -0.05) is 0 Å². The van der Waals surface area contributed by atoms with Gasteiger partial charge in [0.25, 0.3) is 5.91 Å². The number of likely N-dealkylation sites (N-methyl/N-ethyl adjacent to an activating group) is 1. The van der Waals surface area contributed by atoms with Gasteiger partial charge in [0.1, 0.15) is 5.60 Å². The molecule has 0 heterocycles. The third kappa shape index (κ3) is 3.93. The first kappa shape index (κ1) is 12.5. The van der Waals surface area contributed by atoms with Gasteiger partial charge < -0.3 is 15.2 Å². The lowest BCUT2D eigenvalue weighted by Crippen LogP contribution is -2.31. The Morgan fingerprint density at radius 3 is 2.14 bits per heavy atom. The molecule has 14 heavy (non-hydrogen) atoms. The van der Waals surface area contributed by atoms with E-state index in [4.69, 9.17) is 9.84 Å². The van der Waals surface area contributed by atoms with Crippen LogP contribution in [0, 0.1) is 0 Å². The van der Waals surface area contributed by atoms with Crippen LogP contribution in [0.2, 0.25) is 0 Å². The van der Waals surface area contributed by atoms with E-state index >= 15 is 0 Å². The smallest absolute Gasteiger partial charge is 0.347 e. The monoisotopic (exact) mass is 201 g/mol. The van der Waals surface area contributed by atoms with Crippen LogP contribution in [0.4, 0.5) is 0 Å². The zero-order chi connectivity index (χ0) is 11.4. The van der Waals surface area contributed by atoms with Crippen molar-refractivity contribution in [3.8, 4) is 0 Å². The molecule has 5 nitrogen and oxygen atoms in total. The number of ether oxygens (including phenoxy) is 1. The number of amides is 1. The summed E-state index contributed by atoms with van der Waals surface area (Å²) in [4.78, 5) is 22.3. The van der Waals surface area contributed by atoms with Gasteiger partial charge in [0.05, 0.1) is 6.26 Å². The van der Waals surface area contributed by atoms with Crippen molar-refractivity contribution in [3.63, 3.8) is 0 Å². The van der Waals surface area contributed by atoms with Crippen molar-refractivity contribution in [1.29, 1.82) is 0 Å². The summed E-state index contributed by atoms with van der Waals surface area (Å²) in [5, 5.41) is 10.9. The SMILES string of the molecule is CNC(=O)/C(=C/O)C(=O)OC(C)(C)C. The van der Waals surface area contributed by atoms with E-state index in [0.29, 0.717) is 6.26 Å². The average Bonchev–Trinajstić information content (AvgIpc) is 2.01. The molecule has 80 valence electrons. The fourth-order valence-corrected chi connectivity index (χ4v) is 0.672. The molecule has 0 fully saturated rings. The Kier molecular flexibility index (Phi) is 4.14. The quantitative estimate of drug-likeness (QED) is 0.224. The maximum absolute atomic E-state index is 11.3. The highest BCUT2D eigenvalue weighted by atomic mass is 16.6. The van der Waals surface area contributed by atoms with Crippen LogP contribution in [-0.4, -0.2) is 29.6 Å². The topological polar surface area (TPSA) is 75.6 Å². The van der Waals surface area contributed by atoms with Crippen LogP contribution >= 0.6 is 0 Å². The summed E-state index contributed by atoms with van der Waals surface area (Å²) in [5.41, 5.74) is -1.11. The number of aliphatic hydroxyl groups is 1. The van der Waals surface area contributed by atoms with Gasteiger partial charge in [0.2, 0.25) is 0 Å². The molecule has 0 atom stereocenters. The number of hydrogen-bond acceptors (Lipinski definition) is 4. The molecular weight excluding hydrogens is 186 g/mol. The Balaban J connectivity index is 4.59. The number of carbonyl (C=O) groups is 2. The predicted octanol–water partition coefficient (Wildman–Crippen LogP) is 0.516. The summed E-state index contributed by atoms with van der Waals surface area (Å²) in [6, 6.07) is 0. The van der Waals surface area contributed by atoms with Crippen molar-refractivity contribution in [2.75, 3.05) is 7.05 Å². The summed E-state index contributed by atoms with van der Waals surface area (Å²) in [6.07, 6.45) is 0.437. The molecule has 0 aliphatic heterocycles. The molecule has 0 bridgehead atoms. The fraction of sp³-hybridized carbons (Fsp3) is 0.556. The fourth-order valence-electron chi connectivity index (χ4n) is 0.672. The number of rotatable bonds is 2. The van der Waals surface area contributed by atoms with E-state index in [-0.39, 0.29) is 0 Å². The minimum absolute atomic E-state index is 0.414. The summed E-state index contributed by atoms with van der Waals surface area (Å²) in [7, 11) is 1.36. The highest BCUT2D eigenvalue weighted by Crippen LogP contribution is 2.10. The minimum atomic E-state index is -0.848. The van der Waals surface area contributed by atoms with E-state index in [1.165, 1.54) is 7.05 Å². The highest BCUT2D eigenvalue weighted by Gasteiger charge is 2.24. The standard InChI is InChI=1S/C9H15NO4/c1-9(2,3)14-8(13)6(5-11)7(12)10-4/h5,11H,1-4H3,(H,10,12)/b6-5-. The highest BCUT2D eigenvalue weighted by molar-refractivity contribution is 6.16. The molecule has 0 unspecified atom stereocenters. The van der Waals surface area contributed by atoms with E-state index in [1.807, 2.05) is 0 Å². The Morgan fingerprint density at radius 2 is 1.86 bits per heavy atom. The number of nitrogens with one attached hydrogen (secondary N) is 1. The first-order valence-corrected chi connectivity index (χ1v) is 4.11. The second-order valence-corrected chi connectivity index (χ2v) is 3.62. The summed E-state index contributed by atoms with van der Waals surface area (Å²) in [5.74, 6) is -1.53. The van der Waals surface area contributed by atoms with Gasteiger partial charge in [-0.05, 0) is 20.8 Å². The van der Waals surface area contributed by atoms with Crippen molar-refractivity contribution < 1.29 is 19.4 Å². The Morgan fingerprint density at radius 1 is 1.36 bits per heavy atom. The minimum Gasteiger partial charge on any atom is -0.514 e. The summed E-state index contributed by atoms with van der Waals surface area (Å²) < 4.78 is 4.89. The Hall–Kier alpha value is -1.52. The van der Waals surface area contributed by atoms with Crippen molar-refractivity contribution in [2.45, 2.75) is 26.4 Å². The lowest BCUT2D eigenvalue weighted by molar-refractivity contribution is -0.151. The lowest BCUT2D eigenvalue weighted by Gasteiger charge is -2.19. The molecule has 0 radical (unpaired) electrons. The molecule has 0 saturated carbocycles. The molecule has 0 spiro atoms. The predicted molar refractivity (Wildman–Crippen MR) is 50.6 cm³/mol. The first-order chi connectivity index (χ1) is 6.31. The molecule has 1 amide bonds. The van der Waals surface area contributed by atoms with Gasteiger partial charge >= 0.3 is 5.97 Å². The summed E-state index contributed by atoms with van der Waals surface area (Å²) >= 11 is 0. The maximum Gasteiger partial charge on any atom is 0.347 e. The maximum atomic E-state index is 11.3. The van der Waals surface area contributed by atoms with Crippen LogP contribution in [0.25, 0.3) is 0 Å². The first-order valence-electron chi connectivity index (χ1n) is 4.11. The van der Waals surface area contributed by atoms with Crippen molar-refractivity contribution in [1.82, 2.24) is 5.32 Å². The Bertz CT molecular complexity index is 262. The van der Waals surface area contributed by atoms with Gasteiger partial charge in [-0.3, -0.25) is 4.79 Å². The van der Waals surface area contributed by atoms with Crippen molar-refractivity contribution in [2.24, 2.45) is 0 Å². The van der Waals surface area contributed by atoms with Crippen LogP contribution in [0.3, 0.4) is 0 Å². The van der Waals surface area contributed by atoms with Crippen molar-refractivity contribution in [3.05, 3.63) is 11.8 Å². The zero-order valence-electron chi connectivity index (χ0n) is 8.75. The van der Waals surface area contributed by atoms with Gasteiger partial charge in [-0.25, -0.2) is 4.79 Å². The molecule has 0 aromatic rings. The Labute approximate surface area is 82.7 Å². The van der Waals surface area contributed by atoms with Crippen LogP contribution in [-0.2, 0) is 14.3 Å². The van der Waals surface area contributed by atoms with Gasteiger partial charge in [0.15, 0.2) is 5.57 Å². The largest absolute Gasteiger partial charge is 0.514 e. The van der Waals surface area contributed by atoms with Crippen molar-refractivity contribution >= 4 is 11.9 Å². The molecule has 5 heteroatoms. The van der Waals surface area contributed by atoms with E-state index < -0.39 is 23.1 Å². The molecule has 0 aliphatic carbocycles. The van der Waals surface area contributed by atoms with Gasteiger partial charge in [-0.2, -0.15) is 0 Å². The van der Waals surface area contributed by atoms with E-state index in [1.54, 1.807) is 20.8 Å². The van der Waals surface area contributed by atoms with E-state index in [9.17, 15) is 9.59 Å². The molecule has 0 aromatic heterocycles. The molecule has 0 aromatic carbocycles. The lowest BCUT2D eigenvalue weighted by atomic mass is 10.2. The second kappa shape index (κ2) is 4.64.